The summed E-state index contributed by atoms with van der Waals surface area (Å²) in [4.78, 5) is 0. The summed E-state index contributed by atoms with van der Waals surface area (Å²) in [7, 11) is 0. The Bertz CT molecular complexity index is 796. The third kappa shape index (κ3) is 5.31. The molecule has 3 aromatic rings. The molecule has 0 bridgehead atoms. The van der Waals surface area contributed by atoms with Crippen molar-refractivity contribution in [2.24, 2.45) is 0 Å². The van der Waals surface area contributed by atoms with Crippen LogP contribution in [0.5, 0.6) is 0 Å². The molecular formula is C26H30O2. The molecule has 0 spiro atoms. The Morgan fingerprint density at radius 2 is 0.929 bits per heavy atom. The molecule has 0 saturated heterocycles. The van der Waals surface area contributed by atoms with E-state index in [2.05, 4.69) is 76.2 Å². The van der Waals surface area contributed by atoms with E-state index in [4.69, 9.17) is 9.47 Å². The van der Waals surface area contributed by atoms with Gasteiger partial charge in [-0.05, 0) is 49.9 Å². The Kier molecular flexibility index (Phi) is 6.33. The predicted octanol–water partition coefficient (Wildman–Crippen LogP) is 6.59. The van der Waals surface area contributed by atoms with Crippen molar-refractivity contribution in [2.45, 2.75) is 52.1 Å². The molecule has 0 aromatic heterocycles. The fourth-order valence-corrected chi connectivity index (χ4v) is 3.11. The van der Waals surface area contributed by atoms with Gasteiger partial charge in [0.2, 0.25) is 0 Å². The van der Waals surface area contributed by atoms with Gasteiger partial charge in [0.05, 0.1) is 24.4 Å². The average Bonchev–Trinajstić information content (AvgIpc) is 2.73. The van der Waals surface area contributed by atoms with Crippen molar-refractivity contribution in [1.29, 1.82) is 0 Å². The zero-order valence-electron chi connectivity index (χ0n) is 17.3. The Morgan fingerprint density at radius 3 is 1.32 bits per heavy atom. The number of benzene rings is 3. The summed E-state index contributed by atoms with van der Waals surface area (Å²) in [6, 6.07) is 29.1. The zero-order chi connectivity index (χ0) is 20.0. The van der Waals surface area contributed by atoms with Crippen molar-refractivity contribution < 1.29 is 9.47 Å². The quantitative estimate of drug-likeness (QED) is 0.443. The van der Waals surface area contributed by atoms with Crippen molar-refractivity contribution in [3.05, 3.63) is 107 Å². The summed E-state index contributed by atoms with van der Waals surface area (Å²) in [5.41, 5.74) is 3.88. The van der Waals surface area contributed by atoms with Gasteiger partial charge in [-0.15, -0.1) is 0 Å². The Balaban J connectivity index is 1.71. The predicted molar refractivity (Wildman–Crippen MR) is 115 cm³/mol. The van der Waals surface area contributed by atoms with Gasteiger partial charge in [0.25, 0.3) is 0 Å². The molecule has 0 aliphatic carbocycles. The molecule has 2 nitrogen and oxygen atoms in total. The van der Waals surface area contributed by atoms with E-state index >= 15 is 0 Å². The molecule has 3 aromatic carbocycles. The van der Waals surface area contributed by atoms with Gasteiger partial charge in [-0.1, -0.05) is 84.9 Å². The van der Waals surface area contributed by atoms with E-state index in [0.717, 1.165) is 11.1 Å². The van der Waals surface area contributed by atoms with Crippen LogP contribution in [-0.2, 0) is 33.9 Å². The van der Waals surface area contributed by atoms with Gasteiger partial charge in [0, 0.05) is 0 Å². The second kappa shape index (κ2) is 8.72. The van der Waals surface area contributed by atoms with Crippen molar-refractivity contribution in [1.82, 2.24) is 0 Å². The lowest BCUT2D eigenvalue weighted by molar-refractivity contribution is -0.0385. The molecule has 0 saturated carbocycles. The van der Waals surface area contributed by atoms with Gasteiger partial charge < -0.3 is 9.47 Å². The molecule has 0 aliphatic rings. The molecule has 0 aliphatic heterocycles. The standard InChI is InChI=1S/C26H30O2/c1-25(2,27-19-21-12-7-5-8-13-21)23-16-11-17-24(18-23)26(3,4)28-20-22-14-9-6-10-15-22/h5-18H,19-20H2,1-4H3. The third-order valence-electron chi connectivity index (χ3n) is 5.14. The van der Waals surface area contributed by atoms with E-state index in [1.807, 2.05) is 36.4 Å². The third-order valence-corrected chi connectivity index (χ3v) is 5.14. The van der Waals surface area contributed by atoms with Crippen LogP contribution in [0.3, 0.4) is 0 Å². The molecular weight excluding hydrogens is 344 g/mol. The summed E-state index contributed by atoms with van der Waals surface area (Å²) >= 11 is 0. The molecule has 2 heteroatoms. The molecule has 0 heterocycles. The number of rotatable bonds is 8. The first-order valence-corrected chi connectivity index (χ1v) is 9.84. The van der Waals surface area contributed by atoms with E-state index in [1.165, 1.54) is 11.1 Å². The van der Waals surface area contributed by atoms with Crippen molar-refractivity contribution in [3.63, 3.8) is 0 Å². The van der Waals surface area contributed by atoms with Gasteiger partial charge in [0.15, 0.2) is 0 Å². The van der Waals surface area contributed by atoms with Gasteiger partial charge in [-0.2, -0.15) is 0 Å². The van der Waals surface area contributed by atoms with Crippen LogP contribution in [0.4, 0.5) is 0 Å². The largest absolute Gasteiger partial charge is 0.366 e. The normalized spacial score (nSPS) is 12.1. The SMILES string of the molecule is CC(C)(OCc1ccccc1)c1cccc(C(C)(C)OCc2ccccc2)c1. The first-order valence-electron chi connectivity index (χ1n) is 9.84. The van der Waals surface area contributed by atoms with E-state index in [9.17, 15) is 0 Å². The fourth-order valence-electron chi connectivity index (χ4n) is 3.11. The number of ether oxygens (including phenoxy) is 2. The van der Waals surface area contributed by atoms with Crippen molar-refractivity contribution >= 4 is 0 Å². The highest BCUT2D eigenvalue weighted by Crippen LogP contribution is 2.32. The lowest BCUT2D eigenvalue weighted by atomic mass is 9.90. The summed E-state index contributed by atoms with van der Waals surface area (Å²) < 4.78 is 12.5. The smallest absolute Gasteiger partial charge is 0.0879 e. The van der Waals surface area contributed by atoms with E-state index in [-0.39, 0.29) is 11.2 Å². The van der Waals surface area contributed by atoms with Crippen LogP contribution in [-0.4, -0.2) is 0 Å². The Hall–Kier alpha value is -2.42. The second-order valence-corrected chi connectivity index (χ2v) is 8.15. The average molecular weight is 375 g/mol. The van der Waals surface area contributed by atoms with Gasteiger partial charge in [-0.3, -0.25) is 0 Å². The lowest BCUT2D eigenvalue weighted by Crippen LogP contribution is -2.25. The minimum Gasteiger partial charge on any atom is -0.366 e. The molecule has 0 radical (unpaired) electrons. The molecule has 3 rings (SSSR count). The molecule has 146 valence electrons. The van der Waals surface area contributed by atoms with Crippen LogP contribution >= 0.6 is 0 Å². The number of hydrogen-bond acceptors (Lipinski definition) is 2. The monoisotopic (exact) mass is 374 g/mol. The minimum atomic E-state index is -0.388. The van der Waals surface area contributed by atoms with Gasteiger partial charge >= 0.3 is 0 Å². The van der Waals surface area contributed by atoms with Crippen LogP contribution in [0.2, 0.25) is 0 Å². The maximum atomic E-state index is 6.26. The van der Waals surface area contributed by atoms with Crippen molar-refractivity contribution in [3.8, 4) is 0 Å². The van der Waals surface area contributed by atoms with Crippen LogP contribution < -0.4 is 0 Å². The maximum absolute atomic E-state index is 6.26. The topological polar surface area (TPSA) is 18.5 Å². The Morgan fingerprint density at radius 1 is 0.536 bits per heavy atom. The fraction of sp³-hybridized carbons (Fsp3) is 0.308. The first-order chi connectivity index (χ1) is 13.4. The van der Waals surface area contributed by atoms with Gasteiger partial charge in [0.1, 0.15) is 0 Å². The second-order valence-electron chi connectivity index (χ2n) is 8.15. The van der Waals surface area contributed by atoms with Crippen molar-refractivity contribution in [2.75, 3.05) is 0 Å². The molecule has 0 fully saturated rings. The molecule has 0 unspecified atom stereocenters. The summed E-state index contributed by atoms with van der Waals surface area (Å²) in [5, 5.41) is 0. The highest BCUT2D eigenvalue weighted by Gasteiger charge is 2.26. The summed E-state index contributed by atoms with van der Waals surface area (Å²) in [6.07, 6.45) is 0. The van der Waals surface area contributed by atoms with Crippen LogP contribution in [0, 0.1) is 0 Å². The van der Waals surface area contributed by atoms with E-state index in [0.29, 0.717) is 13.2 Å². The van der Waals surface area contributed by atoms with Gasteiger partial charge in [-0.25, -0.2) is 0 Å². The van der Waals surface area contributed by atoms with Crippen LogP contribution in [0.25, 0.3) is 0 Å². The summed E-state index contributed by atoms with van der Waals surface area (Å²) in [6.45, 7) is 9.65. The summed E-state index contributed by atoms with van der Waals surface area (Å²) in [5.74, 6) is 0. The first kappa shape index (κ1) is 20.3. The number of hydrogen-bond donors (Lipinski definition) is 0. The molecule has 28 heavy (non-hydrogen) atoms. The van der Waals surface area contributed by atoms with E-state index < -0.39 is 0 Å². The molecule has 0 N–H and O–H groups in total. The highest BCUT2D eigenvalue weighted by atomic mass is 16.5. The van der Waals surface area contributed by atoms with E-state index in [1.54, 1.807) is 0 Å². The molecule has 0 amide bonds. The van der Waals surface area contributed by atoms with Crippen LogP contribution in [0.1, 0.15) is 49.9 Å². The zero-order valence-corrected chi connectivity index (χ0v) is 17.3. The lowest BCUT2D eigenvalue weighted by Gasteiger charge is -2.30. The maximum Gasteiger partial charge on any atom is 0.0879 e. The molecule has 0 atom stereocenters. The van der Waals surface area contributed by atoms with Crippen LogP contribution in [0.15, 0.2) is 84.9 Å². The highest BCUT2D eigenvalue weighted by molar-refractivity contribution is 5.31. The Labute approximate surface area is 169 Å². The minimum absolute atomic E-state index is 0.388.